The number of hydrogen-bond acceptors (Lipinski definition) is 2. The van der Waals surface area contributed by atoms with Crippen LogP contribution in [-0.2, 0) is 9.59 Å². The number of nitrogens with one attached hydrogen (secondary N) is 1. The number of hydrogen-bond donors (Lipinski definition) is 2. The molecular formula is C18H23ClN2O2. The second kappa shape index (κ2) is 6.91. The molecule has 4 nitrogen and oxygen atoms in total. The molecule has 3 N–H and O–H groups in total. The summed E-state index contributed by atoms with van der Waals surface area (Å²) in [6.07, 6.45) is 4.54. The molecule has 23 heavy (non-hydrogen) atoms. The minimum Gasteiger partial charge on any atom is -0.369 e. The summed E-state index contributed by atoms with van der Waals surface area (Å²) in [7, 11) is 0. The Morgan fingerprint density at radius 1 is 1.22 bits per heavy atom. The first-order chi connectivity index (χ1) is 11.0. The van der Waals surface area contributed by atoms with E-state index in [9.17, 15) is 9.59 Å². The molecule has 124 valence electrons. The molecule has 1 aromatic rings. The molecule has 0 heterocycles. The van der Waals surface area contributed by atoms with E-state index in [1.54, 1.807) is 0 Å². The van der Waals surface area contributed by atoms with Crippen molar-refractivity contribution in [2.75, 3.05) is 6.54 Å². The summed E-state index contributed by atoms with van der Waals surface area (Å²) in [5.41, 5.74) is 6.50. The van der Waals surface area contributed by atoms with E-state index in [1.165, 1.54) is 0 Å². The lowest BCUT2D eigenvalue weighted by Gasteiger charge is -2.26. The maximum atomic E-state index is 12.3. The number of primary amides is 1. The molecule has 0 spiro atoms. The molecule has 5 heteroatoms. The molecule has 0 saturated heterocycles. The van der Waals surface area contributed by atoms with Crippen molar-refractivity contribution >= 4 is 23.4 Å². The van der Waals surface area contributed by atoms with Gasteiger partial charge in [-0.15, -0.1) is 0 Å². The Bertz CT molecular complexity index is 596. The molecule has 1 aromatic carbocycles. The summed E-state index contributed by atoms with van der Waals surface area (Å²) < 4.78 is 0. The smallest absolute Gasteiger partial charge is 0.223 e. The van der Waals surface area contributed by atoms with Crippen LogP contribution in [0.4, 0.5) is 0 Å². The number of carbonyl (C=O) groups excluding carboxylic acids is 2. The van der Waals surface area contributed by atoms with E-state index in [0.29, 0.717) is 18.4 Å². The molecule has 2 aliphatic rings. The second-order valence-electron chi connectivity index (χ2n) is 6.87. The fraction of sp³-hybridized carbons (Fsp3) is 0.556. The Hall–Kier alpha value is -1.55. The van der Waals surface area contributed by atoms with Crippen molar-refractivity contribution in [1.29, 1.82) is 0 Å². The predicted octanol–water partition coefficient (Wildman–Crippen LogP) is 2.85. The van der Waals surface area contributed by atoms with Crippen LogP contribution in [0, 0.1) is 17.8 Å². The zero-order chi connectivity index (χ0) is 16.4. The highest BCUT2D eigenvalue weighted by atomic mass is 35.5. The first-order valence-electron chi connectivity index (χ1n) is 8.37. The lowest BCUT2D eigenvalue weighted by Crippen LogP contribution is -2.34. The Labute approximate surface area is 141 Å². The maximum absolute atomic E-state index is 12.3. The van der Waals surface area contributed by atoms with Gasteiger partial charge in [-0.3, -0.25) is 9.59 Å². The Morgan fingerprint density at radius 3 is 2.61 bits per heavy atom. The van der Waals surface area contributed by atoms with Crippen molar-refractivity contribution in [3.8, 4) is 0 Å². The molecule has 0 aromatic heterocycles. The van der Waals surface area contributed by atoms with Crippen LogP contribution in [0.25, 0.3) is 0 Å². The van der Waals surface area contributed by atoms with Gasteiger partial charge in [0.1, 0.15) is 0 Å². The van der Waals surface area contributed by atoms with Gasteiger partial charge in [-0.25, -0.2) is 0 Å². The normalized spacial score (nSPS) is 29.8. The van der Waals surface area contributed by atoms with E-state index < -0.39 is 0 Å². The summed E-state index contributed by atoms with van der Waals surface area (Å²) in [4.78, 5) is 23.4. The molecule has 2 fully saturated rings. The lowest BCUT2D eigenvalue weighted by molar-refractivity contribution is -0.124. The van der Waals surface area contributed by atoms with Gasteiger partial charge in [0.25, 0.3) is 0 Å². The molecule has 2 amide bonds. The molecule has 2 unspecified atom stereocenters. The minimum absolute atomic E-state index is 0.0255. The van der Waals surface area contributed by atoms with Crippen LogP contribution in [0.3, 0.4) is 0 Å². The predicted molar refractivity (Wildman–Crippen MR) is 90.0 cm³/mol. The number of halogens is 1. The fourth-order valence-electron chi connectivity index (χ4n) is 3.62. The monoisotopic (exact) mass is 334 g/mol. The van der Waals surface area contributed by atoms with Crippen LogP contribution in [-0.4, -0.2) is 18.4 Å². The molecule has 2 aliphatic carbocycles. The molecule has 2 atom stereocenters. The summed E-state index contributed by atoms with van der Waals surface area (Å²) in [5, 5.41) is 3.81. The van der Waals surface area contributed by atoms with E-state index in [2.05, 4.69) is 5.32 Å². The Morgan fingerprint density at radius 2 is 1.96 bits per heavy atom. The lowest BCUT2D eigenvalue weighted by atomic mass is 9.81. The maximum Gasteiger partial charge on any atom is 0.223 e. The van der Waals surface area contributed by atoms with Crippen molar-refractivity contribution in [3.05, 3.63) is 34.9 Å². The summed E-state index contributed by atoms with van der Waals surface area (Å²) in [5.74, 6) is 0.840. The van der Waals surface area contributed by atoms with Crippen molar-refractivity contribution < 1.29 is 9.59 Å². The SMILES string of the molecule is NC(=O)C1CCC(CNC(=O)C2CC2c2cccc(Cl)c2)CC1. The topological polar surface area (TPSA) is 72.2 Å². The zero-order valence-electron chi connectivity index (χ0n) is 13.1. The number of rotatable bonds is 5. The molecule has 2 saturated carbocycles. The van der Waals surface area contributed by atoms with Crippen molar-refractivity contribution in [1.82, 2.24) is 5.32 Å². The van der Waals surface area contributed by atoms with E-state index >= 15 is 0 Å². The van der Waals surface area contributed by atoms with E-state index in [1.807, 2.05) is 24.3 Å². The highest BCUT2D eigenvalue weighted by molar-refractivity contribution is 6.30. The first-order valence-corrected chi connectivity index (χ1v) is 8.75. The van der Waals surface area contributed by atoms with Gasteiger partial charge >= 0.3 is 0 Å². The van der Waals surface area contributed by atoms with Gasteiger partial charge in [0.05, 0.1) is 0 Å². The quantitative estimate of drug-likeness (QED) is 0.869. The number of carbonyl (C=O) groups is 2. The summed E-state index contributed by atoms with van der Waals surface area (Å²) in [6, 6.07) is 7.77. The van der Waals surface area contributed by atoms with Gasteiger partial charge in [-0.05, 0) is 61.6 Å². The third kappa shape index (κ3) is 4.05. The van der Waals surface area contributed by atoms with Crippen LogP contribution in [0.2, 0.25) is 5.02 Å². The van der Waals surface area contributed by atoms with Gasteiger partial charge in [-0.1, -0.05) is 23.7 Å². The van der Waals surface area contributed by atoms with Crippen LogP contribution in [0.15, 0.2) is 24.3 Å². The van der Waals surface area contributed by atoms with Crippen LogP contribution >= 0.6 is 11.6 Å². The van der Waals surface area contributed by atoms with E-state index in [0.717, 1.165) is 42.7 Å². The number of benzene rings is 1. The van der Waals surface area contributed by atoms with E-state index in [4.69, 9.17) is 17.3 Å². The molecule has 0 radical (unpaired) electrons. The summed E-state index contributed by atoms with van der Waals surface area (Å²) in [6.45, 7) is 0.711. The van der Waals surface area contributed by atoms with Crippen LogP contribution in [0.1, 0.15) is 43.6 Å². The first kappa shape index (κ1) is 16.3. The van der Waals surface area contributed by atoms with E-state index in [-0.39, 0.29) is 23.7 Å². The van der Waals surface area contributed by atoms with Crippen molar-refractivity contribution in [2.45, 2.75) is 38.0 Å². The van der Waals surface area contributed by atoms with Gasteiger partial charge < -0.3 is 11.1 Å². The second-order valence-corrected chi connectivity index (χ2v) is 7.31. The third-order valence-corrected chi connectivity index (χ3v) is 5.45. The molecular weight excluding hydrogens is 312 g/mol. The Kier molecular flexibility index (Phi) is 4.90. The van der Waals surface area contributed by atoms with Gasteiger partial charge in [0.2, 0.25) is 11.8 Å². The largest absolute Gasteiger partial charge is 0.369 e. The third-order valence-electron chi connectivity index (χ3n) is 5.22. The average molecular weight is 335 g/mol. The van der Waals surface area contributed by atoms with Crippen molar-refractivity contribution in [2.24, 2.45) is 23.5 Å². The Balaban J connectivity index is 1.42. The van der Waals surface area contributed by atoms with Crippen LogP contribution in [0.5, 0.6) is 0 Å². The minimum atomic E-state index is -0.185. The molecule has 3 rings (SSSR count). The standard InChI is InChI=1S/C18H23ClN2O2/c19-14-3-1-2-13(8-14)15-9-16(15)18(23)21-10-11-4-6-12(7-5-11)17(20)22/h1-3,8,11-12,15-16H,4-7,9-10H2,(H2,20,22)(H,21,23). The summed E-state index contributed by atoms with van der Waals surface area (Å²) >= 11 is 6.01. The highest BCUT2D eigenvalue weighted by Crippen LogP contribution is 2.48. The number of amides is 2. The van der Waals surface area contributed by atoms with Gasteiger partial charge in [-0.2, -0.15) is 0 Å². The molecule has 0 aliphatic heterocycles. The number of nitrogens with two attached hydrogens (primary N) is 1. The van der Waals surface area contributed by atoms with Crippen molar-refractivity contribution in [3.63, 3.8) is 0 Å². The van der Waals surface area contributed by atoms with Gasteiger partial charge in [0, 0.05) is 23.4 Å². The fourth-order valence-corrected chi connectivity index (χ4v) is 3.82. The van der Waals surface area contributed by atoms with Gasteiger partial charge in [0.15, 0.2) is 0 Å². The average Bonchev–Trinajstić information content (AvgIpc) is 3.34. The highest BCUT2D eigenvalue weighted by Gasteiger charge is 2.44. The molecule has 0 bridgehead atoms. The zero-order valence-corrected chi connectivity index (χ0v) is 13.9. The van der Waals surface area contributed by atoms with Crippen LogP contribution < -0.4 is 11.1 Å².